The van der Waals surface area contributed by atoms with E-state index in [0.29, 0.717) is 12.1 Å². The van der Waals surface area contributed by atoms with Crippen LogP contribution in [-0.2, 0) is 54.4 Å². The van der Waals surface area contributed by atoms with Gasteiger partial charge in [-0.25, -0.2) is 4.98 Å². The van der Waals surface area contributed by atoms with E-state index in [9.17, 15) is 58.2 Å². The lowest BCUT2D eigenvalue weighted by atomic mass is 9.89. The van der Waals surface area contributed by atoms with E-state index < -0.39 is 121 Å². The van der Waals surface area contributed by atoms with Crippen molar-refractivity contribution in [2.75, 3.05) is 6.61 Å². The van der Waals surface area contributed by atoms with Crippen molar-refractivity contribution in [1.82, 2.24) is 31.2 Å². The van der Waals surface area contributed by atoms with Crippen molar-refractivity contribution < 1.29 is 58.2 Å². The van der Waals surface area contributed by atoms with Gasteiger partial charge in [0, 0.05) is 56.8 Å². The molecule has 0 aliphatic rings. The minimum Gasteiger partial charge on any atom is -0.396 e. The Morgan fingerprint density at radius 3 is 1.65 bits per heavy atom. The number of nitrogens with two attached hydrogens (primary N) is 2. The van der Waals surface area contributed by atoms with Crippen LogP contribution in [0.15, 0.2) is 12.5 Å². The van der Waals surface area contributed by atoms with E-state index in [2.05, 4.69) is 38.2 Å². The number of amides is 6. The third-order valence-corrected chi connectivity index (χ3v) is 12.7. The van der Waals surface area contributed by atoms with Crippen LogP contribution in [0.25, 0.3) is 0 Å². The Balaban J connectivity index is 2.97. The Kier molecular flexibility index (Phi) is 32.0. The Hall–Kier alpha value is -5.37. The van der Waals surface area contributed by atoms with Crippen LogP contribution in [0.5, 0.6) is 0 Å². The Morgan fingerprint density at radius 1 is 0.606 bits per heavy atom. The molecular formula is C51H86N8O12. The second-order valence-corrected chi connectivity index (χ2v) is 19.3. The molecule has 0 saturated carbocycles. The SMILES string of the molecule is CCCCCCCCCCCCCCCC(=O)N[C@H](C(=O)C[C@@H](Cc1cnc[nH]1)C(=O)N[C@@H](C)C(=O)C[C@H](C(=O)N[C@@H](CC(N)=O)C(=O)C[C@@H](CO)C(=O)N[C@@H](CCC(N)=O)C(=O)CC)[C@@H](C)O)C(C)C. The zero-order valence-electron chi connectivity index (χ0n) is 43.2. The van der Waals surface area contributed by atoms with Crippen molar-refractivity contribution in [3.05, 3.63) is 18.2 Å². The zero-order chi connectivity index (χ0) is 53.5. The third kappa shape index (κ3) is 26.6. The van der Waals surface area contributed by atoms with Crippen LogP contribution in [0, 0.1) is 23.7 Å². The summed E-state index contributed by atoms with van der Waals surface area (Å²) in [7, 11) is 0. The molecule has 1 rings (SSSR count). The van der Waals surface area contributed by atoms with E-state index in [1.807, 2.05) is 0 Å². The van der Waals surface area contributed by atoms with Crippen LogP contribution in [0.1, 0.15) is 182 Å². The summed E-state index contributed by atoms with van der Waals surface area (Å²) in [5.74, 6) is -11.3. The lowest BCUT2D eigenvalue weighted by Crippen LogP contribution is -2.50. The maximum atomic E-state index is 13.9. The lowest BCUT2D eigenvalue weighted by molar-refractivity contribution is -0.138. The first-order valence-electron chi connectivity index (χ1n) is 25.8. The molecule has 0 spiro atoms. The quantitative estimate of drug-likeness (QED) is 0.0425. The molecule has 0 fully saturated rings. The molecule has 1 aromatic rings. The molecule has 8 atom stereocenters. The van der Waals surface area contributed by atoms with Crippen LogP contribution >= 0.6 is 0 Å². The number of nitrogens with one attached hydrogen (secondary N) is 5. The summed E-state index contributed by atoms with van der Waals surface area (Å²) in [5.41, 5.74) is 11.1. The molecule has 6 amide bonds. The van der Waals surface area contributed by atoms with Crippen molar-refractivity contribution in [3.8, 4) is 0 Å². The third-order valence-electron chi connectivity index (χ3n) is 12.7. The van der Waals surface area contributed by atoms with Crippen LogP contribution in [0.3, 0.4) is 0 Å². The minimum absolute atomic E-state index is 0.00517. The number of Topliss-reactive ketones (excluding diaryl/α,β-unsaturated/α-hetero) is 4. The van der Waals surface area contributed by atoms with Crippen LogP contribution < -0.4 is 32.7 Å². The topological polar surface area (TPSA) is 340 Å². The summed E-state index contributed by atoms with van der Waals surface area (Å²) in [5, 5.41) is 30.9. The molecule has 20 heteroatoms. The fourth-order valence-corrected chi connectivity index (χ4v) is 8.23. The van der Waals surface area contributed by atoms with Gasteiger partial charge in [-0.2, -0.15) is 0 Å². The second kappa shape index (κ2) is 35.7. The number of hydrogen-bond acceptors (Lipinski definition) is 13. The number of carbonyl (C=O) groups is 10. The number of aliphatic hydroxyl groups excluding tert-OH is 2. The fraction of sp³-hybridized carbons (Fsp3) is 0.745. The summed E-state index contributed by atoms with van der Waals surface area (Å²) in [6.07, 6.45) is 14.2. The normalized spacial score (nSPS) is 14.7. The van der Waals surface area contributed by atoms with Gasteiger partial charge < -0.3 is 47.9 Å². The van der Waals surface area contributed by atoms with Gasteiger partial charge in [0.2, 0.25) is 35.4 Å². The van der Waals surface area contributed by atoms with E-state index in [4.69, 9.17) is 11.5 Å². The number of rotatable bonds is 42. The Bertz CT molecular complexity index is 1840. The molecule has 402 valence electrons. The highest BCUT2D eigenvalue weighted by molar-refractivity contribution is 5.99. The van der Waals surface area contributed by atoms with E-state index in [1.165, 1.54) is 84.2 Å². The number of carbonyl (C=O) groups excluding carboxylic acids is 10. The molecule has 0 aliphatic heterocycles. The number of primary amides is 2. The Morgan fingerprint density at radius 2 is 1.15 bits per heavy atom. The molecule has 0 unspecified atom stereocenters. The van der Waals surface area contributed by atoms with E-state index >= 15 is 0 Å². The van der Waals surface area contributed by atoms with Gasteiger partial charge in [0.15, 0.2) is 23.1 Å². The standard InChI is InChI=1S/C51H86N8O12/c1-7-9-10-11-12-13-14-15-16-17-18-19-20-21-47(68)59-48(32(3)4)44(65)25-35(24-37-29-54-31-55-37)49(69)56-33(5)42(63)27-38(34(6)61)51(71)58-40(28-46(53)67)43(64)26-36(30-60)50(70)57-39(41(62)8-2)22-23-45(52)66/h29,31-36,38-40,48,60-61H,7-28,30H2,1-6H3,(H2,52,66)(H2,53,67)(H,54,55)(H,56,69)(H,57,70)(H,58,71)(H,59,68)/t33-,34+,35+,36-,38-,39-,40-,48-/m0/s1. The summed E-state index contributed by atoms with van der Waals surface area (Å²) in [6, 6.07) is -4.90. The number of aromatic nitrogens is 2. The maximum absolute atomic E-state index is 13.9. The van der Waals surface area contributed by atoms with E-state index in [0.717, 1.165) is 19.3 Å². The van der Waals surface area contributed by atoms with E-state index in [-0.39, 0.29) is 56.1 Å². The van der Waals surface area contributed by atoms with Gasteiger partial charge in [0.25, 0.3) is 0 Å². The molecular weight excluding hydrogens is 917 g/mol. The highest BCUT2D eigenvalue weighted by Crippen LogP contribution is 2.20. The predicted octanol–water partition coefficient (Wildman–Crippen LogP) is 3.27. The monoisotopic (exact) mass is 1000 g/mol. The molecule has 0 bridgehead atoms. The highest BCUT2D eigenvalue weighted by Gasteiger charge is 2.36. The average Bonchev–Trinajstić information content (AvgIpc) is 3.83. The number of aliphatic hydroxyl groups is 2. The number of aromatic amines is 1. The molecule has 0 aromatic carbocycles. The summed E-state index contributed by atoms with van der Waals surface area (Å²) in [4.78, 5) is 137. The van der Waals surface area contributed by atoms with Gasteiger partial charge in [0.05, 0.1) is 67.4 Å². The number of H-pyrrole nitrogens is 1. The molecule has 0 aliphatic carbocycles. The van der Waals surface area contributed by atoms with Crippen molar-refractivity contribution in [1.29, 1.82) is 0 Å². The first kappa shape index (κ1) is 63.6. The molecule has 0 radical (unpaired) electrons. The van der Waals surface area contributed by atoms with Crippen LogP contribution in [-0.4, -0.2) is 116 Å². The molecule has 0 saturated heterocycles. The number of imidazole rings is 1. The van der Waals surface area contributed by atoms with Gasteiger partial charge in [-0.3, -0.25) is 47.9 Å². The number of nitrogens with zero attached hydrogens (tertiary/aromatic N) is 1. The molecule has 20 nitrogen and oxygen atoms in total. The van der Waals surface area contributed by atoms with Gasteiger partial charge in [-0.1, -0.05) is 105 Å². The lowest BCUT2D eigenvalue weighted by Gasteiger charge is -2.26. The predicted molar refractivity (Wildman–Crippen MR) is 266 cm³/mol. The fourth-order valence-electron chi connectivity index (χ4n) is 8.23. The molecule has 71 heavy (non-hydrogen) atoms. The number of unbranched alkanes of at least 4 members (excludes halogenated alkanes) is 12. The van der Waals surface area contributed by atoms with Gasteiger partial charge in [-0.15, -0.1) is 0 Å². The summed E-state index contributed by atoms with van der Waals surface area (Å²) < 4.78 is 0. The zero-order valence-corrected chi connectivity index (χ0v) is 43.2. The smallest absolute Gasteiger partial charge is 0.226 e. The van der Waals surface area contributed by atoms with Crippen molar-refractivity contribution in [2.45, 2.75) is 213 Å². The van der Waals surface area contributed by atoms with Crippen LogP contribution in [0.2, 0.25) is 0 Å². The van der Waals surface area contributed by atoms with E-state index in [1.54, 1.807) is 20.8 Å². The number of hydrogen-bond donors (Lipinski definition) is 9. The second-order valence-electron chi connectivity index (χ2n) is 19.3. The maximum Gasteiger partial charge on any atom is 0.226 e. The first-order chi connectivity index (χ1) is 33.6. The van der Waals surface area contributed by atoms with Gasteiger partial charge in [-0.05, 0) is 32.6 Å². The van der Waals surface area contributed by atoms with Crippen molar-refractivity contribution in [2.24, 2.45) is 35.1 Å². The average molecular weight is 1000 g/mol. The van der Waals surface area contributed by atoms with Gasteiger partial charge >= 0.3 is 0 Å². The number of ketones is 4. The van der Waals surface area contributed by atoms with Crippen molar-refractivity contribution >= 4 is 58.6 Å². The highest BCUT2D eigenvalue weighted by atomic mass is 16.3. The molecule has 11 N–H and O–H groups in total. The molecule has 1 aromatic heterocycles. The van der Waals surface area contributed by atoms with Crippen LogP contribution in [0.4, 0.5) is 0 Å². The summed E-state index contributed by atoms with van der Waals surface area (Å²) in [6.45, 7) is 9.07. The molecule has 1 heterocycles. The Labute approximate surface area is 419 Å². The first-order valence-corrected chi connectivity index (χ1v) is 25.8. The largest absolute Gasteiger partial charge is 0.396 e. The summed E-state index contributed by atoms with van der Waals surface area (Å²) >= 11 is 0. The minimum atomic E-state index is -1.65. The van der Waals surface area contributed by atoms with Crippen molar-refractivity contribution in [3.63, 3.8) is 0 Å². The van der Waals surface area contributed by atoms with Gasteiger partial charge in [0.1, 0.15) is 0 Å².